The van der Waals surface area contributed by atoms with E-state index in [4.69, 9.17) is 21.9 Å². The molecular weight excluding hydrogens is 308 g/mol. The lowest BCUT2D eigenvalue weighted by atomic mass is 10.2. The largest absolute Gasteiger partial charge is 0.413 e. The number of oxazole rings is 1. The van der Waals surface area contributed by atoms with Crippen LogP contribution in [0.1, 0.15) is 18.4 Å². The molecule has 0 bridgehead atoms. The molecule has 0 aliphatic carbocycles. The molecule has 2 aromatic rings. The number of hydrogen-bond donors (Lipinski definition) is 2. The van der Waals surface area contributed by atoms with Crippen LogP contribution in [0, 0.1) is 6.92 Å². The lowest BCUT2D eigenvalue weighted by Gasteiger charge is -2.16. The highest BCUT2D eigenvalue weighted by atomic mass is 35.5. The quantitative estimate of drug-likeness (QED) is 0.659. The zero-order chi connectivity index (χ0) is 15.0. The van der Waals surface area contributed by atoms with Crippen LogP contribution in [0.3, 0.4) is 0 Å². The summed E-state index contributed by atoms with van der Waals surface area (Å²) >= 11 is 10.5. The summed E-state index contributed by atoms with van der Waals surface area (Å²) in [5, 5.41) is 1.15. The van der Waals surface area contributed by atoms with Crippen LogP contribution in [0.4, 0.5) is 11.5 Å². The van der Waals surface area contributed by atoms with Gasteiger partial charge in [-0.25, -0.2) is 0 Å². The van der Waals surface area contributed by atoms with Crippen molar-refractivity contribution in [3.8, 4) is 0 Å². The van der Waals surface area contributed by atoms with Gasteiger partial charge >= 0.3 is 5.68 Å². The summed E-state index contributed by atoms with van der Waals surface area (Å²) in [5.41, 5.74) is 1.93. The first-order valence-corrected chi connectivity index (χ1v) is 7.65. The molecule has 0 saturated carbocycles. The van der Waals surface area contributed by atoms with E-state index in [1.54, 1.807) is 0 Å². The zero-order valence-corrected chi connectivity index (χ0v) is 13.4. The molecule has 3 rings (SSSR count). The van der Waals surface area contributed by atoms with E-state index < -0.39 is 0 Å². The lowest BCUT2D eigenvalue weighted by molar-refractivity contribution is 0.416. The maximum atomic E-state index is 6.13. The Hall–Kier alpha value is -1.53. The van der Waals surface area contributed by atoms with E-state index in [2.05, 4.69) is 22.5 Å². The van der Waals surface area contributed by atoms with Crippen molar-refractivity contribution in [1.82, 2.24) is 4.68 Å². The van der Waals surface area contributed by atoms with Crippen LogP contribution < -0.4 is 16.4 Å². The molecule has 1 aliphatic heterocycles. The number of nitrogen functional groups attached to an aromatic ring is 1. The molecule has 1 aromatic heterocycles. The van der Waals surface area contributed by atoms with Gasteiger partial charge in [0.05, 0.1) is 5.69 Å². The van der Waals surface area contributed by atoms with Gasteiger partial charge in [-0.2, -0.15) is 9.67 Å². The van der Waals surface area contributed by atoms with Gasteiger partial charge in [-0.3, -0.25) is 0 Å². The third-order valence-corrected chi connectivity index (χ3v) is 4.38. The molecule has 2 N–H and O–H groups in total. The standard InChI is InChI=1S/C14H17ClN4OS/c1-9-10(15)5-4-6-11(9)17-14-19(16)12(13(21)20-14)18-7-2-3-8-18/h4-6,21H,2-3,7-8,16H2,1H3. The van der Waals surface area contributed by atoms with E-state index in [1.165, 1.54) is 4.68 Å². The molecule has 1 aliphatic rings. The number of rotatable bonds is 2. The molecule has 1 saturated heterocycles. The van der Waals surface area contributed by atoms with Gasteiger partial charge in [-0.05, 0) is 37.5 Å². The van der Waals surface area contributed by atoms with Gasteiger partial charge in [0.2, 0.25) is 5.09 Å². The minimum absolute atomic E-state index is 0.312. The van der Waals surface area contributed by atoms with E-state index in [1.807, 2.05) is 25.1 Å². The summed E-state index contributed by atoms with van der Waals surface area (Å²) in [4.78, 5) is 6.63. The van der Waals surface area contributed by atoms with E-state index in [0.717, 1.165) is 43.0 Å². The molecule has 1 fully saturated rings. The van der Waals surface area contributed by atoms with Crippen LogP contribution in [-0.2, 0) is 0 Å². The summed E-state index contributed by atoms with van der Waals surface area (Å²) in [7, 11) is 0. The summed E-state index contributed by atoms with van der Waals surface area (Å²) in [6, 6.07) is 5.55. The van der Waals surface area contributed by atoms with Crippen molar-refractivity contribution in [3.05, 3.63) is 34.5 Å². The SMILES string of the molecule is Cc1c(Cl)cccc1N=c1oc(S)c(N2CCCC2)n1N. The molecule has 0 spiro atoms. The fraction of sp³-hybridized carbons (Fsp3) is 0.357. The van der Waals surface area contributed by atoms with Crippen molar-refractivity contribution in [2.24, 2.45) is 4.99 Å². The Labute approximate surface area is 133 Å². The second-order valence-electron chi connectivity index (χ2n) is 5.07. The number of halogens is 1. The minimum atomic E-state index is 0.312. The molecule has 0 atom stereocenters. The van der Waals surface area contributed by atoms with Crippen molar-refractivity contribution in [3.63, 3.8) is 0 Å². The summed E-state index contributed by atoms with van der Waals surface area (Å²) in [6.07, 6.45) is 2.30. The summed E-state index contributed by atoms with van der Waals surface area (Å²) in [5.74, 6) is 6.90. The van der Waals surface area contributed by atoms with E-state index >= 15 is 0 Å². The molecule has 112 valence electrons. The highest BCUT2D eigenvalue weighted by Crippen LogP contribution is 2.27. The number of nitrogens with zero attached hydrogens (tertiary/aromatic N) is 3. The second kappa shape index (κ2) is 5.69. The number of nitrogens with two attached hydrogens (primary N) is 1. The third-order valence-electron chi connectivity index (χ3n) is 3.67. The summed E-state index contributed by atoms with van der Waals surface area (Å²) < 4.78 is 7.06. The average Bonchev–Trinajstić information content (AvgIpc) is 3.04. The third kappa shape index (κ3) is 2.65. The number of anilines is 1. The van der Waals surface area contributed by atoms with Crippen molar-refractivity contribution in [2.45, 2.75) is 24.9 Å². The van der Waals surface area contributed by atoms with Crippen molar-refractivity contribution in [2.75, 3.05) is 23.8 Å². The Kier molecular flexibility index (Phi) is 3.91. The number of benzene rings is 1. The van der Waals surface area contributed by atoms with E-state index in [0.29, 0.717) is 15.8 Å². The number of aromatic nitrogens is 1. The van der Waals surface area contributed by atoms with Gasteiger partial charge < -0.3 is 15.2 Å². The Bertz CT molecular complexity index is 731. The first kappa shape index (κ1) is 14.4. The molecule has 0 radical (unpaired) electrons. The first-order chi connectivity index (χ1) is 10.1. The minimum Gasteiger partial charge on any atom is -0.413 e. The Balaban J connectivity index is 2.09. The van der Waals surface area contributed by atoms with Crippen LogP contribution in [0.15, 0.2) is 32.7 Å². The molecule has 0 amide bonds. The molecule has 2 heterocycles. The van der Waals surface area contributed by atoms with Crippen LogP contribution >= 0.6 is 24.2 Å². The van der Waals surface area contributed by atoms with Gasteiger partial charge in [0.1, 0.15) is 0 Å². The van der Waals surface area contributed by atoms with Gasteiger partial charge in [0.25, 0.3) is 0 Å². The normalized spacial score (nSPS) is 16.0. The van der Waals surface area contributed by atoms with Crippen molar-refractivity contribution < 1.29 is 4.42 Å². The first-order valence-electron chi connectivity index (χ1n) is 6.82. The molecule has 21 heavy (non-hydrogen) atoms. The monoisotopic (exact) mass is 324 g/mol. The molecular formula is C14H17ClN4OS. The van der Waals surface area contributed by atoms with Gasteiger partial charge in [-0.15, -0.1) is 12.6 Å². The van der Waals surface area contributed by atoms with Crippen molar-refractivity contribution >= 4 is 35.7 Å². The number of hydrogen-bond acceptors (Lipinski definition) is 5. The van der Waals surface area contributed by atoms with Crippen LogP contribution in [0.2, 0.25) is 5.02 Å². The van der Waals surface area contributed by atoms with Crippen LogP contribution in [0.25, 0.3) is 0 Å². The predicted molar refractivity (Wildman–Crippen MR) is 87.0 cm³/mol. The lowest BCUT2D eigenvalue weighted by Crippen LogP contribution is -2.30. The van der Waals surface area contributed by atoms with Gasteiger partial charge in [-0.1, -0.05) is 17.7 Å². The molecule has 5 nitrogen and oxygen atoms in total. The smallest absolute Gasteiger partial charge is 0.324 e. The Morgan fingerprint density at radius 2 is 2.05 bits per heavy atom. The van der Waals surface area contributed by atoms with Gasteiger partial charge in [0, 0.05) is 18.1 Å². The van der Waals surface area contributed by atoms with Gasteiger partial charge in [0.15, 0.2) is 5.82 Å². The fourth-order valence-electron chi connectivity index (χ4n) is 2.49. The second-order valence-corrected chi connectivity index (χ2v) is 5.89. The zero-order valence-electron chi connectivity index (χ0n) is 11.7. The Morgan fingerprint density at radius 1 is 1.33 bits per heavy atom. The highest BCUT2D eigenvalue weighted by molar-refractivity contribution is 7.80. The topological polar surface area (TPSA) is 59.7 Å². The van der Waals surface area contributed by atoms with E-state index in [9.17, 15) is 0 Å². The van der Waals surface area contributed by atoms with E-state index in [-0.39, 0.29) is 0 Å². The van der Waals surface area contributed by atoms with Crippen molar-refractivity contribution in [1.29, 1.82) is 0 Å². The average molecular weight is 325 g/mol. The molecule has 7 heteroatoms. The molecule has 0 unspecified atom stereocenters. The summed E-state index contributed by atoms with van der Waals surface area (Å²) in [6.45, 7) is 3.83. The number of thiol groups is 1. The molecule has 1 aromatic carbocycles. The highest BCUT2D eigenvalue weighted by Gasteiger charge is 2.21. The maximum absolute atomic E-state index is 6.13. The van der Waals surface area contributed by atoms with Crippen LogP contribution in [0.5, 0.6) is 0 Å². The fourth-order valence-corrected chi connectivity index (χ4v) is 2.99. The maximum Gasteiger partial charge on any atom is 0.324 e. The Morgan fingerprint density at radius 3 is 2.76 bits per heavy atom. The van der Waals surface area contributed by atoms with Crippen LogP contribution in [-0.4, -0.2) is 17.8 Å². The predicted octanol–water partition coefficient (Wildman–Crippen LogP) is 2.88.